The van der Waals surface area contributed by atoms with Crippen molar-refractivity contribution in [1.29, 1.82) is 0 Å². The number of aromatic amines is 3. The molecule has 9 aromatic rings. The predicted molar refractivity (Wildman–Crippen MR) is 358 cm³/mol. The van der Waals surface area contributed by atoms with Crippen molar-refractivity contribution in [3.05, 3.63) is 109 Å². The molecular formula is C63H84F6N15O9P3. The topological polar surface area (TPSA) is 339 Å². The van der Waals surface area contributed by atoms with Gasteiger partial charge in [0.2, 0.25) is 0 Å². The number of H-pyrrole nitrogens is 3. The SMILES string of the molecule is CC(C)(C)[C@@H](CCP(=O)(O)O)Nc1nc(-c2c[nH]c3ncc(F)cc23)ncc1F.CC(C)OP(=O)(CC[C@@H](Nc1nc(-c2c[nH]c3ncc(F)cc23)ncc1F)C(C)(C)C)OC(C)C.CC(C)OP(=O)(O)CC[C@@H](Nc1nc(-c2c[nH]c3ncc(F)cc23)ncc1F)C(C)(C)C. The van der Waals surface area contributed by atoms with Crippen LogP contribution in [0.4, 0.5) is 43.8 Å². The summed E-state index contributed by atoms with van der Waals surface area (Å²) >= 11 is 0. The van der Waals surface area contributed by atoms with Crippen molar-refractivity contribution in [1.82, 2.24) is 59.8 Å². The fourth-order valence-electron chi connectivity index (χ4n) is 9.97. The minimum Gasteiger partial charge on any atom is -0.364 e. The van der Waals surface area contributed by atoms with Gasteiger partial charge in [-0.05, 0) is 95.2 Å². The number of hydrogen-bond donors (Lipinski definition) is 9. The minimum absolute atomic E-state index is 0.00183. The van der Waals surface area contributed by atoms with Gasteiger partial charge in [-0.15, -0.1) is 0 Å². The fraction of sp³-hybridized carbons (Fsp3) is 0.476. The Labute approximate surface area is 552 Å². The summed E-state index contributed by atoms with van der Waals surface area (Å²) in [4.78, 5) is 74.2. The maximum Gasteiger partial charge on any atom is 0.331 e. The first-order chi connectivity index (χ1) is 44.6. The summed E-state index contributed by atoms with van der Waals surface area (Å²) in [5, 5.41) is 10.6. The van der Waals surface area contributed by atoms with Crippen molar-refractivity contribution in [2.75, 3.05) is 34.4 Å². The van der Waals surface area contributed by atoms with E-state index in [-0.39, 0.29) is 101 Å². The lowest BCUT2D eigenvalue weighted by Crippen LogP contribution is -2.35. The highest BCUT2D eigenvalue weighted by atomic mass is 31.2. The second-order valence-corrected chi connectivity index (χ2v) is 32.8. The van der Waals surface area contributed by atoms with Gasteiger partial charge in [-0.25, -0.2) is 71.2 Å². The third kappa shape index (κ3) is 21.4. The van der Waals surface area contributed by atoms with Gasteiger partial charge >= 0.3 is 22.8 Å². The summed E-state index contributed by atoms with van der Waals surface area (Å²) < 4.78 is 138. The molecule has 9 aromatic heterocycles. The Hall–Kier alpha value is -7.26. The van der Waals surface area contributed by atoms with E-state index < -0.39 is 75.2 Å². The number of nitrogens with zero attached hydrogens (tertiary/aromatic N) is 9. The van der Waals surface area contributed by atoms with Gasteiger partial charge in [0.1, 0.15) is 34.4 Å². The van der Waals surface area contributed by atoms with E-state index in [9.17, 15) is 54.7 Å². The standard InChI is InChI=1S/C24H34F2N5O3P.C21H28F2N5O3P.C18H22F2N5O3P/c1-14(2)33-35(32,34-15(3)4)9-8-20(24(5,6)7)30-23-19(26)13-29-22(31-23)18-12-28-21-17(18)10-16(25)11-27-21;1-12(2)31-32(29,30)7-6-17(21(3,4)5)27-20-16(23)11-26-19(28-20)15-10-25-18-14(15)8-13(22)9-24-18;1-18(2,3)14(4-5-29(26,27)28)24-17-13(20)9-23-16(25-17)12-8-22-15-11(12)6-10(19)7-21-15/h10-15,20H,8-9H2,1-7H3,(H,27,28)(H,29,30,31);8-12,17H,6-7H2,1-5H3,(H,24,25)(H,29,30)(H,26,27,28);6-9,14H,4-5H2,1-3H3,(H,21,22)(H,23,24,25)(H2,26,27,28)/t20-;17-;14-/m111/s1. The summed E-state index contributed by atoms with van der Waals surface area (Å²) in [6.07, 6.45) is 10.7. The third-order valence-electron chi connectivity index (χ3n) is 14.7. The number of nitrogens with one attached hydrogen (secondary N) is 6. The molecule has 0 amide bonds. The molecule has 0 radical (unpaired) electrons. The molecule has 0 bridgehead atoms. The number of hydrogen-bond acceptors (Lipinski definition) is 18. The van der Waals surface area contributed by atoms with Crippen LogP contribution in [0.3, 0.4) is 0 Å². The maximum absolute atomic E-state index is 14.8. The van der Waals surface area contributed by atoms with Crippen molar-refractivity contribution in [3.8, 4) is 34.2 Å². The van der Waals surface area contributed by atoms with Gasteiger partial charge in [0.05, 0.1) is 74.0 Å². The van der Waals surface area contributed by atoms with E-state index in [1.54, 1.807) is 60.1 Å². The van der Waals surface area contributed by atoms with Crippen LogP contribution in [0.5, 0.6) is 0 Å². The van der Waals surface area contributed by atoms with Crippen molar-refractivity contribution in [2.45, 2.75) is 160 Å². The first-order valence-electron chi connectivity index (χ1n) is 30.8. The van der Waals surface area contributed by atoms with E-state index in [2.05, 4.69) is 75.8 Å². The highest BCUT2D eigenvalue weighted by Crippen LogP contribution is 2.52. The lowest BCUT2D eigenvalue weighted by atomic mass is 9.85. The van der Waals surface area contributed by atoms with Crippen LogP contribution in [-0.4, -0.2) is 129 Å². The smallest absolute Gasteiger partial charge is 0.331 e. The molecule has 0 aliphatic heterocycles. The Bertz CT molecular complexity index is 4270. The molecule has 96 heavy (non-hydrogen) atoms. The molecule has 0 fully saturated rings. The van der Waals surface area contributed by atoms with Crippen LogP contribution in [-0.2, 0) is 27.3 Å². The van der Waals surface area contributed by atoms with E-state index in [1.807, 2.05) is 62.3 Å². The van der Waals surface area contributed by atoms with Gasteiger partial charge in [0.25, 0.3) is 0 Å². The molecule has 0 aliphatic rings. The molecule has 24 nitrogen and oxygen atoms in total. The first-order valence-corrected chi connectivity index (χ1v) is 36.1. The molecule has 9 heterocycles. The van der Waals surface area contributed by atoms with Crippen LogP contribution < -0.4 is 16.0 Å². The van der Waals surface area contributed by atoms with Crippen LogP contribution in [0.2, 0.25) is 0 Å². The Morgan fingerprint density at radius 1 is 0.438 bits per heavy atom. The average Bonchev–Trinajstić information content (AvgIpc) is 1.52. The second-order valence-electron chi connectivity index (χ2n) is 27.0. The van der Waals surface area contributed by atoms with Crippen molar-refractivity contribution >= 4 is 73.3 Å². The van der Waals surface area contributed by atoms with Gasteiger partial charge < -0.3 is 59.2 Å². The maximum atomic E-state index is 14.8. The van der Waals surface area contributed by atoms with Crippen LogP contribution in [0.15, 0.2) is 74.0 Å². The monoisotopic (exact) mass is 1400 g/mol. The second kappa shape index (κ2) is 31.1. The highest BCUT2D eigenvalue weighted by Gasteiger charge is 2.35. The number of aromatic nitrogens is 12. The quantitative estimate of drug-likeness (QED) is 0.0200. The van der Waals surface area contributed by atoms with Gasteiger partial charge in [0.15, 0.2) is 52.4 Å². The number of anilines is 3. The van der Waals surface area contributed by atoms with Crippen LogP contribution in [0.25, 0.3) is 67.3 Å². The molecule has 0 spiro atoms. The number of pyridine rings is 3. The first kappa shape index (κ1) is 76.1. The zero-order chi connectivity index (χ0) is 71.0. The molecule has 1 unspecified atom stereocenters. The van der Waals surface area contributed by atoms with E-state index in [0.29, 0.717) is 56.2 Å². The Morgan fingerprint density at radius 2 is 0.729 bits per heavy atom. The van der Waals surface area contributed by atoms with Crippen molar-refractivity contribution < 1.29 is 68.3 Å². The van der Waals surface area contributed by atoms with Gasteiger partial charge in [-0.3, -0.25) is 13.7 Å². The lowest BCUT2D eigenvalue weighted by molar-refractivity contribution is 0.141. The largest absolute Gasteiger partial charge is 0.364 e. The minimum atomic E-state index is -4.20. The summed E-state index contributed by atoms with van der Waals surface area (Å²) in [7, 11) is -11.3. The molecule has 0 saturated carbocycles. The molecule has 522 valence electrons. The van der Waals surface area contributed by atoms with Crippen LogP contribution in [0.1, 0.15) is 123 Å². The van der Waals surface area contributed by atoms with E-state index >= 15 is 0 Å². The average molecular weight is 1400 g/mol. The van der Waals surface area contributed by atoms with Crippen molar-refractivity contribution in [2.24, 2.45) is 16.2 Å². The van der Waals surface area contributed by atoms with Crippen molar-refractivity contribution in [3.63, 3.8) is 0 Å². The molecule has 0 aromatic carbocycles. The highest BCUT2D eigenvalue weighted by molar-refractivity contribution is 7.54. The number of rotatable bonds is 24. The number of fused-ring (bicyclic) bond motifs is 3. The predicted octanol–water partition coefficient (Wildman–Crippen LogP) is 15.4. The summed E-state index contributed by atoms with van der Waals surface area (Å²) in [5.41, 5.74) is 1.66. The molecule has 0 aliphatic carbocycles. The van der Waals surface area contributed by atoms with Gasteiger partial charge in [0, 0.05) is 69.6 Å². The van der Waals surface area contributed by atoms with Crippen LogP contribution >= 0.6 is 22.8 Å². The normalized spacial score (nSPS) is 14.2. The zero-order valence-electron chi connectivity index (χ0n) is 56.1. The van der Waals surface area contributed by atoms with Gasteiger partial charge in [-0.2, -0.15) is 0 Å². The Balaban J connectivity index is 0.000000204. The molecular weight excluding hydrogens is 1320 g/mol. The summed E-state index contributed by atoms with van der Waals surface area (Å²) in [6.45, 7) is 28.0. The molecule has 9 N–H and O–H groups in total. The Morgan fingerprint density at radius 3 is 1.01 bits per heavy atom. The summed E-state index contributed by atoms with van der Waals surface area (Å²) in [5.74, 6) is -3.11. The molecule has 0 saturated heterocycles. The molecule has 33 heteroatoms. The lowest BCUT2D eigenvalue weighted by Gasteiger charge is -2.33. The molecule has 9 rings (SSSR count). The van der Waals surface area contributed by atoms with Gasteiger partial charge in [-0.1, -0.05) is 62.3 Å². The summed E-state index contributed by atoms with van der Waals surface area (Å²) in [6, 6.07) is 2.74. The molecule has 4 atom stereocenters. The zero-order valence-corrected chi connectivity index (χ0v) is 58.7. The number of halogens is 6. The van der Waals surface area contributed by atoms with E-state index in [4.69, 9.17) is 13.6 Å². The van der Waals surface area contributed by atoms with E-state index in [0.717, 1.165) is 37.2 Å². The van der Waals surface area contributed by atoms with E-state index in [1.165, 1.54) is 18.2 Å². The Kier molecular flexibility index (Phi) is 24.6. The third-order valence-corrected chi connectivity index (χ3v) is 19.4. The van der Waals surface area contributed by atoms with Crippen LogP contribution in [0, 0.1) is 51.1 Å². The fourth-order valence-corrected chi connectivity index (χ4v) is 14.0.